The van der Waals surface area contributed by atoms with E-state index < -0.39 is 0 Å². The molecule has 88 valence electrons. The third-order valence-corrected chi connectivity index (χ3v) is 3.59. The van der Waals surface area contributed by atoms with Gasteiger partial charge in [0.05, 0.1) is 0 Å². The molecule has 0 heterocycles. The van der Waals surface area contributed by atoms with E-state index in [4.69, 9.17) is 4.74 Å². The molecule has 1 aliphatic carbocycles. The van der Waals surface area contributed by atoms with Crippen LogP contribution in [0.1, 0.15) is 30.4 Å². The maximum absolute atomic E-state index is 6.05. The topological polar surface area (TPSA) is 21.3 Å². The molecule has 2 rings (SSSR count). The lowest BCUT2D eigenvalue weighted by atomic mass is 10.1. The van der Waals surface area contributed by atoms with Crippen LogP contribution < -0.4 is 10.1 Å². The summed E-state index contributed by atoms with van der Waals surface area (Å²) in [7, 11) is 2.02. The Balaban J connectivity index is 2.05. The summed E-state index contributed by atoms with van der Waals surface area (Å²) in [5.41, 5.74) is 2.63. The lowest BCUT2D eigenvalue weighted by molar-refractivity contribution is 0.179. The summed E-state index contributed by atoms with van der Waals surface area (Å²) in [6.45, 7) is 4.26. The van der Waals surface area contributed by atoms with Crippen molar-refractivity contribution in [1.82, 2.24) is 5.32 Å². The zero-order valence-electron chi connectivity index (χ0n) is 10.4. The third-order valence-electron chi connectivity index (χ3n) is 3.59. The lowest BCUT2D eigenvalue weighted by Gasteiger charge is -2.21. The van der Waals surface area contributed by atoms with Crippen molar-refractivity contribution in [2.45, 2.75) is 45.3 Å². The van der Waals surface area contributed by atoms with E-state index in [-0.39, 0.29) is 0 Å². The summed E-state index contributed by atoms with van der Waals surface area (Å²) < 4.78 is 6.05. The van der Waals surface area contributed by atoms with Crippen molar-refractivity contribution < 1.29 is 4.74 Å². The minimum absolute atomic E-state index is 0.340. The van der Waals surface area contributed by atoms with E-state index in [1.54, 1.807) is 0 Å². The van der Waals surface area contributed by atoms with Crippen LogP contribution in [-0.4, -0.2) is 19.2 Å². The number of benzene rings is 1. The van der Waals surface area contributed by atoms with Gasteiger partial charge in [-0.2, -0.15) is 0 Å². The van der Waals surface area contributed by atoms with Crippen LogP contribution in [0.4, 0.5) is 0 Å². The Morgan fingerprint density at radius 3 is 2.69 bits per heavy atom. The van der Waals surface area contributed by atoms with Crippen LogP contribution in [-0.2, 0) is 0 Å². The fourth-order valence-electron chi connectivity index (χ4n) is 2.36. The fraction of sp³-hybridized carbons (Fsp3) is 0.571. The summed E-state index contributed by atoms with van der Waals surface area (Å²) >= 11 is 0. The molecule has 1 N–H and O–H groups in total. The van der Waals surface area contributed by atoms with E-state index in [0.717, 1.165) is 5.75 Å². The summed E-state index contributed by atoms with van der Waals surface area (Å²) in [5.74, 6) is 1.01. The monoisotopic (exact) mass is 219 g/mol. The molecule has 0 aromatic heterocycles. The van der Waals surface area contributed by atoms with Gasteiger partial charge in [0.15, 0.2) is 0 Å². The molecular formula is C14H21NO. The van der Waals surface area contributed by atoms with Gasteiger partial charge in [-0.05, 0) is 63.4 Å². The third kappa shape index (κ3) is 2.38. The first kappa shape index (κ1) is 11.5. The summed E-state index contributed by atoms with van der Waals surface area (Å²) in [5, 5.41) is 3.34. The number of aryl methyl sites for hydroxylation is 2. The fourth-order valence-corrected chi connectivity index (χ4v) is 2.36. The quantitative estimate of drug-likeness (QED) is 0.844. The van der Waals surface area contributed by atoms with E-state index in [9.17, 15) is 0 Å². The minimum atomic E-state index is 0.340. The Morgan fingerprint density at radius 1 is 1.19 bits per heavy atom. The highest BCUT2D eigenvalue weighted by molar-refractivity contribution is 5.34. The molecule has 0 amide bonds. The first-order chi connectivity index (χ1) is 7.70. The highest BCUT2D eigenvalue weighted by Crippen LogP contribution is 2.25. The van der Waals surface area contributed by atoms with Gasteiger partial charge in [-0.1, -0.05) is 6.07 Å². The zero-order chi connectivity index (χ0) is 11.5. The molecule has 1 saturated carbocycles. The standard InChI is InChI=1S/C14H21NO/c1-10-7-8-12(9-11(10)2)16-14-6-4-5-13(14)15-3/h7-9,13-15H,4-6H2,1-3H3. The van der Waals surface area contributed by atoms with Crippen LogP contribution in [0.15, 0.2) is 18.2 Å². The van der Waals surface area contributed by atoms with Crippen LogP contribution in [0.5, 0.6) is 5.75 Å². The van der Waals surface area contributed by atoms with E-state index in [1.165, 1.54) is 30.4 Å². The largest absolute Gasteiger partial charge is 0.489 e. The average Bonchev–Trinajstić information content (AvgIpc) is 2.71. The Bertz CT molecular complexity index is 362. The normalized spacial score (nSPS) is 24.7. The zero-order valence-corrected chi connectivity index (χ0v) is 10.4. The van der Waals surface area contributed by atoms with Crippen LogP contribution >= 0.6 is 0 Å². The number of hydrogen-bond donors (Lipinski definition) is 1. The first-order valence-electron chi connectivity index (χ1n) is 6.12. The Hall–Kier alpha value is -1.02. The van der Waals surface area contributed by atoms with Crippen LogP contribution in [0.25, 0.3) is 0 Å². The molecule has 16 heavy (non-hydrogen) atoms. The van der Waals surface area contributed by atoms with E-state index in [0.29, 0.717) is 12.1 Å². The second-order valence-electron chi connectivity index (χ2n) is 4.73. The smallest absolute Gasteiger partial charge is 0.120 e. The van der Waals surface area contributed by atoms with Gasteiger partial charge < -0.3 is 10.1 Å². The van der Waals surface area contributed by atoms with Gasteiger partial charge >= 0.3 is 0 Å². The Morgan fingerprint density at radius 2 is 2.00 bits per heavy atom. The predicted molar refractivity (Wildman–Crippen MR) is 67.0 cm³/mol. The maximum Gasteiger partial charge on any atom is 0.120 e. The Labute approximate surface area is 98.0 Å². The molecule has 0 bridgehead atoms. The number of nitrogens with one attached hydrogen (secondary N) is 1. The molecule has 2 heteroatoms. The molecule has 1 aromatic rings. The van der Waals surface area contributed by atoms with E-state index in [1.807, 2.05) is 7.05 Å². The molecule has 0 radical (unpaired) electrons. The van der Waals surface area contributed by atoms with Crippen molar-refractivity contribution >= 4 is 0 Å². The van der Waals surface area contributed by atoms with Crippen molar-refractivity contribution in [2.75, 3.05) is 7.05 Å². The van der Waals surface area contributed by atoms with Crippen LogP contribution in [0, 0.1) is 13.8 Å². The van der Waals surface area contributed by atoms with Crippen molar-refractivity contribution in [3.8, 4) is 5.75 Å². The van der Waals surface area contributed by atoms with Gasteiger partial charge in [0.2, 0.25) is 0 Å². The van der Waals surface area contributed by atoms with E-state index >= 15 is 0 Å². The molecule has 0 spiro atoms. The Kier molecular flexibility index (Phi) is 3.49. The molecule has 1 aliphatic rings. The highest BCUT2D eigenvalue weighted by atomic mass is 16.5. The first-order valence-corrected chi connectivity index (χ1v) is 6.12. The van der Waals surface area contributed by atoms with Crippen LogP contribution in [0.2, 0.25) is 0 Å². The molecular weight excluding hydrogens is 198 g/mol. The van der Waals surface area contributed by atoms with Crippen molar-refractivity contribution in [3.05, 3.63) is 29.3 Å². The van der Waals surface area contributed by atoms with Crippen molar-refractivity contribution in [2.24, 2.45) is 0 Å². The number of hydrogen-bond acceptors (Lipinski definition) is 2. The molecule has 0 aliphatic heterocycles. The summed E-state index contributed by atoms with van der Waals surface area (Å²) in [4.78, 5) is 0. The van der Waals surface area contributed by atoms with Crippen molar-refractivity contribution in [3.63, 3.8) is 0 Å². The van der Waals surface area contributed by atoms with Gasteiger partial charge in [0.25, 0.3) is 0 Å². The summed E-state index contributed by atoms with van der Waals surface area (Å²) in [6.07, 6.45) is 4.00. The predicted octanol–water partition coefficient (Wildman–Crippen LogP) is 2.82. The molecule has 2 unspecified atom stereocenters. The van der Waals surface area contributed by atoms with Crippen molar-refractivity contribution in [1.29, 1.82) is 0 Å². The molecule has 0 saturated heterocycles. The summed E-state index contributed by atoms with van der Waals surface area (Å²) in [6, 6.07) is 6.86. The van der Waals surface area contributed by atoms with Gasteiger partial charge in [-0.25, -0.2) is 0 Å². The lowest BCUT2D eigenvalue weighted by Crippen LogP contribution is -2.36. The molecule has 1 fully saturated rings. The molecule has 2 nitrogen and oxygen atoms in total. The highest BCUT2D eigenvalue weighted by Gasteiger charge is 2.27. The number of rotatable bonds is 3. The molecule has 1 aromatic carbocycles. The van der Waals surface area contributed by atoms with Crippen LogP contribution in [0.3, 0.4) is 0 Å². The SMILES string of the molecule is CNC1CCCC1Oc1ccc(C)c(C)c1. The van der Waals surface area contributed by atoms with Gasteiger partial charge in [-0.3, -0.25) is 0 Å². The maximum atomic E-state index is 6.05. The second-order valence-corrected chi connectivity index (χ2v) is 4.73. The van der Waals surface area contributed by atoms with E-state index in [2.05, 4.69) is 37.4 Å². The van der Waals surface area contributed by atoms with Gasteiger partial charge in [-0.15, -0.1) is 0 Å². The average molecular weight is 219 g/mol. The second kappa shape index (κ2) is 4.88. The molecule has 2 atom stereocenters. The number of likely N-dealkylation sites (N-methyl/N-ethyl adjacent to an activating group) is 1. The van der Waals surface area contributed by atoms with Gasteiger partial charge in [0, 0.05) is 6.04 Å². The minimum Gasteiger partial charge on any atom is -0.489 e. The van der Waals surface area contributed by atoms with Gasteiger partial charge in [0.1, 0.15) is 11.9 Å². The number of ether oxygens (including phenoxy) is 1.